The van der Waals surface area contributed by atoms with Gasteiger partial charge in [-0.25, -0.2) is 0 Å². The first kappa shape index (κ1) is 14.9. The van der Waals surface area contributed by atoms with E-state index in [2.05, 4.69) is 18.7 Å². The largest absolute Gasteiger partial charge is 0.389 e. The van der Waals surface area contributed by atoms with Gasteiger partial charge in [0.1, 0.15) is 0 Å². The van der Waals surface area contributed by atoms with Crippen molar-refractivity contribution < 1.29 is 9.84 Å². The summed E-state index contributed by atoms with van der Waals surface area (Å²) in [5.41, 5.74) is 0. The van der Waals surface area contributed by atoms with Gasteiger partial charge in [0.25, 0.3) is 0 Å². The topological polar surface area (TPSA) is 32.7 Å². The Labute approximate surface area is 106 Å². The third-order valence-electron chi connectivity index (χ3n) is 3.40. The molecule has 0 amide bonds. The maximum absolute atomic E-state index is 9.93. The van der Waals surface area contributed by atoms with Crippen molar-refractivity contribution in [1.82, 2.24) is 4.90 Å². The van der Waals surface area contributed by atoms with Crippen molar-refractivity contribution in [2.75, 3.05) is 26.2 Å². The van der Waals surface area contributed by atoms with Crippen LogP contribution in [0.25, 0.3) is 0 Å². The van der Waals surface area contributed by atoms with Crippen LogP contribution < -0.4 is 0 Å². The highest BCUT2D eigenvalue weighted by molar-refractivity contribution is 4.74. The third-order valence-corrected chi connectivity index (χ3v) is 3.40. The van der Waals surface area contributed by atoms with Gasteiger partial charge < -0.3 is 14.7 Å². The number of ether oxygens (including phenoxy) is 1. The molecule has 17 heavy (non-hydrogen) atoms. The van der Waals surface area contributed by atoms with Gasteiger partial charge in [-0.3, -0.25) is 0 Å². The first-order valence-electron chi connectivity index (χ1n) is 6.99. The fourth-order valence-corrected chi connectivity index (χ4v) is 2.63. The molecule has 102 valence electrons. The number of nitrogens with zero attached hydrogens (tertiary/aromatic N) is 1. The van der Waals surface area contributed by atoms with E-state index in [1.807, 2.05) is 13.8 Å². The van der Waals surface area contributed by atoms with Gasteiger partial charge in [-0.15, -0.1) is 0 Å². The molecule has 1 saturated heterocycles. The zero-order valence-corrected chi connectivity index (χ0v) is 11.9. The Hall–Kier alpha value is -0.120. The second-order valence-electron chi connectivity index (χ2n) is 6.03. The molecule has 3 atom stereocenters. The second-order valence-corrected chi connectivity index (χ2v) is 6.03. The summed E-state index contributed by atoms with van der Waals surface area (Å²) in [6, 6.07) is 0. The molecule has 0 aromatic rings. The van der Waals surface area contributed by atoms with Gasteiger partial charge in [-0.05, 0) is 45.1 Å². The lowest BCUT2D eigenvalue weighted by molar-refractivity contribution is -0.00917. The predicted octanol–water partition coefficient (Wildman–Crippen LogP) is 2.14. The van der Waals surface area contributed by atoms with Crippen molar-refractivity contribution in [3.8, 4) is 0 Å². The summed E-state index contributed by atoms with van der Waals surface area (Å²) in [5.74, 6) is 1.56. The molecular weight excluding hydrogens is 214 g/mol. The molecule has 3 nitrogen and oxygen atoms in total. The van der Waals surface area contributed by atoms with Gasteiger partial charge in [0, 0.05) is 13.1 Å². The molecule has 0 saturated carbocycles. The highest BCUT2D eigenvalue weighted by Crippen LogP contribution is 2.21. The van der Waals surface area contributed by atoms with Crippen LogP contribution in [0, 0.1) is 11.8 Å². The monoisotopic (exact) mass is 243 g/mol. The molecule has 1 fully saturated rings. The Bertz CT molecular complexity index is 208. The van der Waals surface area contributed by atoms with E-state index in [-0.39, 0.29) is 12.2 Å². The molecule has 1 aliphatic heterocycles. The van der Waals surface area contributed by atoms with E-state index in [1.54, 1.807) is 0 Å². The van der Waals surface area contributed by atoms with Crippen molar-refractivity contribution in [2.24, 2.45) is 11.8 Å². The van der Waals surface area contributed by atoms with Crippen LogP contribution in [0.15, 0.2) is 0 Å². The summed E-state index contributed by atoms with van der Waals surface area (Å²) in [6.07, 6.45) is 2.42. The molecule has 1 heterocycles. The molecule has 1 rings (SSSR count). The Balaban J connectivity index is 2.29. The minimum absolute atomic E-state index is 0.202. The van der Waals surface area contributed by atoms with Crippen LogP contribution in [0.3, 0.4) is 0 Å². The highest BCUT2D eigenvalue weighted by atomic mass is 16.5. The maximum atomic E-state index is 9.93. The molecule has 1 N–H and O–H groups in total. The molecule has 0 aromatic heterocycles. The minimum atomic E-state index is -0.349. The quantitative estimate of drug-likeness (QED) is 0.803. The van der Waals surface area contributed by atoms with Gasteiger partial charge in [0.2, 0.25) is 0 Å². The normalized spacial score (nSPS) is 29.3. The maximum Gasteiger partial charge on any atom is 0.0900 e. The van der Waals surface area contributed by atoms with Crippen molar-refractivity contribution in [1.29, 1.82) is 0 Å². The van der Waals surface area contributed by atoms with Crippen LogP contribution in [-0.4, -0.2) is 48.5 Å². The fourth-order valence-electron chi connectivity index (χ4n) is 2.63. The third kappa shape index (κ3) is 6.39. The van der Waals surface area contributed by atoms with Crippen molar-refractivity contribution in [2.45, 2.75) is 52.7 Å². The molecule has 0 spiro atoms. The minimum Gasteiger partial charge on any atom is -0.389 e. The smallest absolute Gasteiger partial charge is 0.0900 e. The lowest BCUT2D eigenvalue weighted by Gasteiger charge is -2.25. The first-order valence-corrected chi connectivity index (χ1v) is 6.99. The Kier molecular flexibility index (Phi) is 6.45. The van der Waals surface area contributed by atoms with E-state index >= 15 is 0 Å². The lowest BCUT2D eigenvalue weighted by Crippen LogP contribution is -2.37. The van der Waals surface area contributed by atoms with E-state index in [1.165, 1.54) is 12.8 Å². The van der Waals surface area contributed by atoms with Crippen LogP contribution in [0.2, 0.25) is 0 Å². The first-order chi connectivity index (χ1) is 7.97. The average molecular weight is 243 g/mol. The Morgan fingerprint density at radius 3 is 2.65 bits per heavy atom. The van der Waals surface area contributed by atoms with E-state index in [4.69, 9.17) is 4.74 Å². The number of aliphatic hydroxyl groups is 1. The average Bonchev–Trinajstić information content (AvgIpc) is 2.37. The molecule has 0 bridgehead atoms. The highest BCUT2D eigenvalue weighted by Gasteiger charge is 2.21. The number of β-amino-alcohol motifs (C(OH)–C–C–N with tert-alkyl or cyclic N) is 1. The Morgan fingerprint density at radius 2 is 2.00 bits per heavy atom. The molecule has 1 aliphatic rings. The van der Waals surface area contributed by atoms with Crippen LogP contribution in [0.1, 0.15) is 40.5 Å². The van der Waals surface area contributed by atoms with Gasteiger partial charge in [0.15, 0.2) is 0 Å². The van der Waals surface area contributed by atoms with E-state index in [9.17, 15) is 5.11 Å². The molecule has 0 aromatic carbocycles. The van der Waals surface area contributed by atoms with Crippen molar-refractivity contribution >= 4 is 0 Å². The van der Waals surface area contributed by atoms with Crippen molar-refractivity contribution in [3.05, 3.63) is 0 Å². The SMILES string of the molecule is CC1CCN(CC(O)COC(C)C)CC(C)C1. The van der Waals surface area contributed by atoms with Crippen LogP contribution in [0.4, 0.5) is 0 Å². The molecule has 3 unspecified atom stereocenters. The summed E-state index contributed by atoms with van der Waals surface area (Å²) < 4.78 is 5.45. The van der Waals surface area contributed by atoms with Gasteiger partial charge >= 0.3 is 0 Å². The Morgan fingerprint density at radius 1 is 1.29 bits per heavy atom. The molecule has 3 heteroatoms. The zero-order chi connectivity index (χ0) is 12.8. The summed E-state index contributed by atoms with van der Waals surface area (Å²) >= 11 is 0. The summed E-state index contributed by atoms with van der Waals surface area (Å²) in [7, 11) is 0. The van der Waals surface area contributed by atoms with E-state index < -0.39 is 0 Å². The number of rotatable bonds is 5. The molecule has 0 radical (unpaired) electrons. The summed E-state index contributed by atoms with van der Waals surface area (Å²) in [5, 5.41) is 9.93. The van der Waals surface area contributed by atoms with E-state index in [0.717, 1.165) is 31.5 Å². The summed E-state index contributed by atoms with van der Waals surface area (Å²) in [4.78, 5) is 2.39. The number of likely N-dealkylation sites (tertiary alicyclic amines) is 1. The summed E-state index contributed by atoms with van der Waals surface area (Å²) in [6.45, 7) is 12.1. The van der Waals surface area contributed by atoms with Gasteiger partial charge in [-0.1, -0.05) is 13.8 Å². The molecule has 0 aliphatic carbocycles. The number of hydrogen-bond acceptors (Lipinski definition) is 3. The zero-order valence-electron chi connectivity index (χ0n) is 11.9. The van der Waals surface area contributed by atoms with Crippen LogP contribution in [0.5, 0.6) is 0 Å². The number of aliphatic hydroxyl groups excluding tert-OH is 1. The van der Waals surface area contributed by atoms with Crippen LogP contribution in [-0.2, 0) is 4.74 Å². The number of hydrogen-bond donors (Lipinski definition) is 1. The second kappa shape index (κ2) is 7.34. The van der Waals surface area contributed by atoms with Crippen LogP contribution >= 0.6 is 0 Å². The van der Waals surface area contributed by atoms with E-state index in [0.29, 0.717) is 6.61 Å². The van der Waals surface area contributed by atoms with Gasteiger partial charge in [0.05, 0.1) is 18.8 Å². The molecular formula is C14H29NO2. The standard InChI is InChI=1S/C14H29NO2/c1-11(2)17-10-14(16)9-15-6-5-12(3)7-13(4)8-15/h11-14,16H,5-10H2,1-4H3. The predicted molar refractivity (Wildman–Crippen MR) is 71.1 cm³/mol. The fraction of sp³-hybridized carbons (Fsp3) is 1.00. The lowest BCUT2D eigenvalue weighted by atomic mass is 9.97. The van der Waals surface area contributed by atoms with Gasteiger partial charge in [-0.2, -0.15) is 0 Å². The van der Waals surface area contributed by atoms with Crippen molar-refractivity contribution in [3.63, 3.8) is 0 Å².